The number of carbonyl (C=O) groups is 2. The average molecular weight is 432 g/mol. The quantitative estimate of drug-likeness (QED) is 0.204. The highest BCUT2D eigenvalue weighted by Gasteiger charge is 2.18. The van der Waals surface area contributed by atoms with Gasteiger partial charge < -0.3 is 9.47 Å². The first-order valence-electron chi connectivity index (χ1n) is 11.0. The van der Waals surface area contributed by atoms with E-state index in [1.54, 1.807) is 11.0 Å². The van der Waals surface area contributed by atoms with Crippen LogP contribution in [0.2, 0.25) is 0 Å². The molecule has 0 fully saturated rings. The van der Waals surface area contributed by atoms with Gasteiger partial charge in [-0.05, 0) is 61.2 Å². The molecule has 32 heavy (non-hydrogen) atoms. The van der Waals surface area contributed by atoms with Crippen LogP contribution in [-0.4, -0.2) is 18.7 Å². The van der Waals surface area contributed by atoms with Crippen molar-refractivity contribution < 1.29 is 19.1 Å². The maximum absolute atomic E-state index is 12.8. The number of aryl methyl sites for hydroxylation is 1. The normalized spacial score (nSPS) is 10.4. The third-order valence-electron chi connectivity index (χ3n) is 4.96. The van der Waals surface area contributed by atoms with Crippen molar-refractivity contribution in [1.82, 2.24) is 0 Å². The summed E-state index contributed by atoms with van der Waals surface area (Å²) < 4.78 is 10.7. The summed E-state index contributed by atoms with van der Waals surface area (Å²) >= 11 is 0. The largest absolute Gasteiger partial charge is 0.449 e. The number of para-hydroxylation sites is 2. The molecule has 0 saturated carbocycles. The lowest BCUT2D eigenvalue weighted by atomic mass is 10.1. The van der Waals surface area contributed by atoms with E-state index in [0.717, 1.165) is 49.0 Å². The molecule has 0 unspecified atom stereocenters. The third kappa shape index (κ3) is 7.27. The van der Waals surface area contributed by atoms with Crippen LogP contribution in [0.25, 0.3) is 0 Å². The van der Waals surface area contributed by atoms with Crippen LogP contribution in [0, 0.1) is 0 Å². The maximum atomic E-state index is 12.8. The molecule has 5 heteroatoms. The smallest absolute Gasteiger partial charge is 0.418 e. The molecule has 1 amide bonds. The molecule has 0 N–H and O–H groups in total. The van der Waals surface area contributed by atoms with E-state index in [0.29, 0.717) is 12.4 Å². The third-order valence-corrected chi connectivity index (χ3v) is 4.96. The van der Waals surface area contributed by atoms with Gasteiger partial charge in [-0.15, -0.1) is 0 Å². The van der Waals surface area contributed by atoms with E-state index in [2.05, 4.69) is 0 Å². The van der Waals surface area contributed by atoms with Crippen molar-refractivity contribution in [2.24, 2.45) is 0 Å². The standard InChI is InChI=1S/C27H29NO4/c1-22(29)32-26-19-12-14-23(21-26)13-6-2-3-11-20-31-27(30)28(24-15-7-4-8-16-24)25-17-9-5-10-18-25/h4-5,7-10,12,14-19,21H,2-3,6,11,13,20H2,1H3. The number of nitrogens with zero attached hydrogens (tertiary/aromatic N) is 1. The Bertz CT molecular complexity index is 949. The Labute approximate surface area is 189 Å². The van der Waals surface area contributed by atoms with E-state index in [1.165, 1.54) is 6.92 Å². The molecule has 0 saturated heterocycles. The highest BCUT2D eigenvalue weighted by atomic mass is 16.6. The van der Waals surface area contributed by atoms with Gasteiger partial charge in [-0.25, -0.2) is 9.69 Å². The second-order valence-electron chi connectivity index (χ2n) is 7.53. The Hall–Kier alpha value is -3.60. The number of rotatable bonds is 10. The zero-order valence-corrected chi connectivity index (χ0v) is 18.4. The Kier molecular flexibility index (Phi) is 8.87. The summed E-state index contributed by atoms with van der Waals surface area (Å²) in [5, 5.41) is 0. The summed E-state index contributed by atoms with van der Waals surface area (Å²) in [5.41, 5.74) is 2.70. The Balaban J connectivity index is 1.41. The van der Waals surface area contributed by atoms with E-state index in [9.17, 15) is 9.59 Å². The number of esters is 1. The number of hydrogen-bond donors (Lipinski definition) is 0. The first-order chi connectivity index (χ1) is 15.6. The Morgan fingerprint density at radius 1 is 0.750 bits per heavy atom. The summed E-state index contributed by atoms with van der Waals surface area (Å²) in [6.45, 7) is 1.79. The summed E-state index contributed by atoms with van der Waals surface area (Å²) in [5.74, 6) is 0.276. The van der Waals surface area contributed by atoms with Crippen molar-refractivity contribution in [1.29, 1.82) is 0 Å². The van der Waals surface area contributed by atoms with Crippen LogP contribution in [0.4, 0.5) is 16.2 Å². The molecule has 0 aliphatic carbocycles. The first-order valence-corrected chi connectivity index (χ1v) is 11.0. The van der Waals surface area contributed by atoms with Crippen molar-refractivity contribution in [3.05, 3.63) is 90.5 Å². The van der Waals surface area contributed by atoms with Gasteiger partial charge in [0.05, 0.1) is 18.0 Å². The van der Waals surface area contributed by atoms with Gasteiger partial charge in [-0.3, -0.25) is 4.79 Å². The first kappa shape index (κ1) is 23.1. The summed E-state index contributed by atoms with van der Waals surface area (Å²) in [4.78, 5) is 25.5. The van der Waals surface area contributed by atoms with Gasteiger partial charge in [0.15, 0.2) is 0 Å². The molecular formula is C27H29NO4. The minimum Gasteiger partial charge on any atom is -0.449 e. The minimum atomic E-state index is -0.371. The van der Waals surface area contributed by atoms with Gasteiger partial charge in [-0.2, -0.15) is 0 Å². The number of amides is 1. The van der Waals surface area contributed by atoms with Gasteiger partial charge in [0.2, 0.25) is 0 Å². The van der Waals surface area contributed by atoms with Crippen LogP contribution in [0.5, 0.6) is 5.75 Å². The fourth-order valence-electron chi connectivity index (χ4n) is 3.45. The predicted octanol–water partition coefficient (Wildman–Crippen LogP) is 6.69. The maximum Gasteiger partial charge on any atom is 0.418 e. The van der Waals surface area contributed by atoms with Gasteiger partial charge in [-0.1, -0.05) is 61.4 Å². The molecular weight excluding hydrogens is 402 g/mol. The molecule has 166 valence electrons. The SMILES string of the molecule is CC(=O)Oc1cccc(CCCCCCOC(=O)N(c2ccccc2)c2ccccc2)c1. The zero-order chi connectivity index (χ0) is 22.6. The highest BCUT2D eigenvalue weighted by molar-refractivity contribution is 5.95. The molecule has 0 atom stereocenters. The molecule has 0 heterocycles. The van der Waals surface area contributed by atoms with Crippen molar-refractivity contribution in [2.45, 2.75) is 39.0 Å². The number of carbonyl (C=O) groups excluding carboxylic acids is 2. The van der Waals surface area contributed by atoms with Crippen molar-refractivity contribution in [2.75, 3.05) is 11.5 Å². The van der Waals surface area contributed by atoms with E-state index in [1.807, 2.05) is 78.9 Å². The minimum absolute atomic E-state index is 0.310. The highest BCUT2D eigenvalue weighted by Crippen LogP contribution is 2.26. The topological polar surface area (TPSA) is 55.8 Å². The van der Waals surface area contributed by atoms with Crippen LogP contribution < -0.4 is 9.64 Å². The van der Waals surface area contributed by atoms with E-state index >= 15 is 0 Å². The lowest BCUT2D eigenvalue weighted by Gasteiger charge is -2.22. The second-order valence-corrected chi connectivity index (χ2v) is 7.53. The van der Waals surface area contributed by atoms with E-state index < -0.39 is 0 Å². The average Bonchev–Trinajstić information content (AvgIpc) is 2.80. The fourth-order valence-corrected chi connectivity index (χ4v) is 3.45. The van der Waals surface area contributed by atoms with E-state index in [4.69, 9.17) is 9.47 Å². The van der Waals surface area contributed by atoms with Gasteiger partial charge in [0, 0.05) is 6.92 Å². The molecule has 3 aromatic rings. The molecule has 3 aromatic carbocycles. The molecule has 0 spiro atoms. The predicted molar refractivity (Wildman–Crippen MR) is 126 cm³/mol. The lowest BCUT2D eigenvalue weighted by Crippen LogP contribution is -2.27. The second kappa shape index (κ2) is 12.3. The van der Waals surface area contributed by atoms with Gasteiger partial charge in [0.25, 0.3) is 0 Å². The molecule has 0 aromatic heterocycles. The molecule has 5 nitrogen and oxygen atoms in total. The number of hydrogen-bond acceptors (Lipinski definition) is 4. The number of anilines is 2. The number of unbranched alkanes of at least 4 members (excludes halogenated alkanes) is 3. The van der Waals surface area contributed by atoms with Crippen LogP contribution in [0.15, 0.2) is 84.9 Å². The zero-order valence-electron chi connectivity index (χ0n) is 18.4. The monoisotopic (exact) mass is 431 g/mol. The Morgan fingerprint density at radius 2 is 1.38 bits per heavy atom. The van der Waals surface area contributed by atoms with Crippen LogP contribution in [-0.2, 0) is 16.0 Å². The van der Waals surface area contributed by atoms with Crippen LogP contribution in [0.1, 0.15) is 38.2 Å². The van der Waals surface area contributed by atoms with Crippen molar-refractivity contribution in [3.8, 4) is 5.75 Å². The molecule has 0 bridgehead atoms. The molecule has 0 radical (unpaired) electrons. The molecule has 0 aliphatic rings. The van der Waals surface area contributed by atoms with Gasteiger partial charge >= 0.3 is 12.1 Å². The van der Waals surface area contributed by atoms with Crippen molar-refractivity contribution >= 4 is 23.4 Å². The summed E-state index contributed by atoms with van der Waals surface area (Å²) in [6.07, 6.45) is 4.41. The van der Waals surface area contributed by atoms with Crippen molar-refractivity contribution in [3.63, 3.8) is 0 Å². The van der Waals surface area contributed by atoms with Gasteiger partial charge in [0.1, 0.15) is 5.75 Å². The van der Waals surface area contributed by atoms with E-state index in [-0.39, 0.29) is 12.1 Å². The number of ether oxygens (including phenoxy) is 2. The number of benzene rings is 3. The fraction of sp³-hybridized carbons (Fsp3) is 0.259. The summed E-state index contributed by atoms with van der Waals surface area (Å²) in [6, 6.07) is 26.7. The summed E-state index contributed by atoms with van der Waals surface area (Å²) in [7, 11) is 0. The molecule has 3 rings (SSSR count). The molecule has 0 aliphatic heterocycles. The van der Waals surface area contributed by atoms with Crippen LogP contribution >= 0.6 is 0 Å². The lowest BCUT2D eigenvalue weighted by molar-refractivity contribution is -0.131. The Morgan fingerprint density at radius 3 is 2.00 bits per heavy atom. The van der Waals surface area contributed by atoms with Crippen LogP contribution in [0.3, 0.4) is 0 Å².